The molecule has 5 atom stereocenters. The molecule has 2 amide bonds. The molecule has 6 heteroatoms. The summed E-state index contributed by atoms with van der Waals surface area (Å²) in [4.78, 5) is 28.4. The van der Waals surface area contributed by atoms with Crippen LogP contribution in [0.25, 0.3) is 0 Å². The van der Waals surface area contributed by atoms with Crippen LogP contribution in [-0.4, -0.2) is 52.2 Å². The lowest BCUT2D eigenvalue weighted by molar-refractivity contribution is -0.141. The van der Waals surface area contributed by atoms with E-state index in [-0.39, 0.29) is 47.0 Å². The van der Waals surface area contributed by atoms with Gasteiger partial charge in [-0.05, 0) is 67.6 Å². The summed E-state index contributed by atoms with van der Waals surface area (Å²) in [6, 6.07) is 7.36. The number of nitrogens with zero attached hydrogens (tertiary/aromatic N) is 1. The number of nitrogens with one attached hydrogen (secondary N) is 1. The van der Waals surface area contributed by atoms with Crippen LogP contribution < -0.4 is 5.32 Å². The average molecular weight is 443 g/mol. The van der Waals surface area contributed by atoms with E-state index in [1.54, 1.807) is 12.1 Å². The summed E-state index contributed by atoms with van der Waals surface area (Å²) < 4.78 is 0. The van der Waals surface area contributed by atoms with Crippen LogP contribution in [-0.2, 0) is 9.59 Å². The third-order valence-electron chi connectivity index (χ3n) is 8.02. The normalized spacial score (nSPS) is 32.5. The van der Waals surface area contributed by atoms with Crippen LogP contribution in [0.2, 0.25) is 0 Å². The molecular formula is C26H38N2O4. The molecule has 3 fully saturated rings. The Labute approximate surface area is 191 Å². The molecule has 3 aliphatic rings. The van der Waals surface area contributed by atoms with Gasteiger partial charge in [0.15, 0.2) is 0 Å². The number of carbonyl (C=O) groups excluding carboxylic acids is 2. The van der Waals surface area contributed by atoms with Gasteiger partial charge in [-0.2, -0.15) is 0 Å². The van der Waals surface area contributed by atoms with Gasteiger partial charge in [0.1, 0.15) is 5.75 Å². The number of piperidine rings is 1. The van der Waals surface area contributed by atoms with Gasteiger partial charge in [0.05, 0.1) is 12.0 Å². The fraction of sp³-hybridized carbons (Fsp3) is 0.692. The molecule has 1 aromatic carbocycles. The molecule has 1 heterocycles. The second kappa shape index (κ2) is 9.42. The number of aromatic hydroxyl groups is 1. The van der Waals surface area contributed by atoms with Gasteiger partial charge < -0.3 is 20.4 Å². The molecule has 2 aliphatic carbocycles. The molecule has 0 radical (unpaired) electrons. The molecule has 0 bridgehead atoms. The van der Waals surface area contributed by atoms with E-state index >= 15 is 0 Å². The quantitative estimate of drug-likeness (QED) is 0.665. The van der Waals surface area contributed by atoms with E-state index in [9.17, 15) is 19.8 Å². The van der Waals surface area contributed by atoms with Crippen LogP contribution in [0.15, 0.2) is 24.3 Å². The first-order valence-corrected chi connectivity index (χ1v) is 12.3. The molecule has 3 N–H and O–H groups in total. The van der Waals surface area contributed by atoms with E-state index in [0.29, 0.717) is 25.3 Å². The number of aliphatic hydroxyl groups excluding tert-OH is 1. The second-order valence-corrected chi connectivity index (χ2v) is 10.9. The molecule has 1 aliphatic heterocycles. The van der Waals surface area contributed by atoms with Crippen LogP contribution in [0.1, 0.15) is 76.7 Å². The van der Waals surface area contributed by atoms with Crippen molar-refractivity contribution in [3.8, 4) is 5.75 Å². The van der Waals surface area contributed by atoms with Crippen LogP contribution in [0, 0.1) is 17.3 Å². The number of likely N-dealkylation sites (tertiary alicyclic amines) is 1. The fourth-order valence-corrected chi connectivity index (χ4v) is 6.20. The fourth-order valence-electron chi connectivity index (χ4n) is 6.20. The molecule has 176 valence electrons. The van der Waals surface area contributed by atoms with Crippen LogP contribution >= 0.6 is 0 Å². The number of phenolic OH excluding ortho intramolecular Hbond substituents is 1. The van der Waals surface area contributed by atoms with Crippen LogP contribution in [0.5, 0.6) is 5.75 Å². The van der Waals surface area contributed by atoms with Crippen molar-refractivity contribution in [1.29, 1.82) is 0 Å². The van der Waals surface area contributed by atoms with Gasteiger partial charge in [-0.3, -0.25) is 9.59 Å². The molecule has 1 aromatic rings. The van der Waals surface area contributed by atoms with Crippen molar-refractivity contribution in [3.05, 3.63) is 29.8 Å². The number of hydrogen-bond donors (Lipinski definition) is 3. The molecular weight excluding hydrogens is 404 g/mol. The molecule has 4 rings (SSSR count). The van der Waals surface area contributed by atoms with E-state index < -0.39 is 0 Å². The molecule has 5 unspecified atom stereocenters. The molecule has 0 aromatic heterocycles. The minimum atomic E-state index is -0.369. The number of rotatable bonds is 4. The monoisotopic (exact) mass is 442 g/mol. The van der Waals surface area contributed by atoms with Gasteiger partial charge in [-0.15, -0.1) is 0 Å². The van der Waals surface area contributed by atoms with Gasteiger partial charge in [0.25, 0.3) is 0 Å². The van der Waals surface area contributed by atoms with Crippen molar-refractivity contribution in [3.63, 3.8) is 0 Å². The maximum Gasteiger partial charge on any atom is 0.227 e. The van der Waals surface area contributed by atoms with E-state index in [2.05, 4.69) is 19.2 Å². The smallest absolute Gasteiger partial charge is 0.227 e. The first-order valence-electron chi connectivity index (χ1n) is 12.3. The zero-order chi connectivity index (χ0) is 22.9. The summed E-state index contributed by atoms with van der Waals surface area (Å²) in [5.41, 5.74) is 1.14. The molecule has 6 nitrogen and oxygen atoms in total. The van der Waals surface area contributed by atoms with Gasteiger partial charge >= 0.3 is 0 Å². The Morgan fingerprint density at radius 1 is 1.03 bits per heavy atom. The predicted octanol–water partition coefficient (Wildman–Crippen LogP) is 3.57. The Hall–Kier alpha value is -2.08. The first-order chi connectivity index (χ1) is 15.2. The standard InChI is InChI=1S/C26H38N2O4/c1-26(2)16-28(14-13-22(26)17-7-10-19(29)11-8-17)25(32)21-5-3-4-6-23(21)27-24(31)18-9-12-20(30)15-18/h7-8,10-11,18,20-23,29-30H,3-6,9,12-16H2,1-2H3,(H,27,31). The summed E-state index contributed by atoms with van der Waals surface area (Å²) >= 11 is 0. The van der Waals surface area contributed by atoms with Gasteiger partial charge in [0, 0.05) is 25.0 Å². The average Bonchev–Trinajstić information content (AvgIpc) is 3.20. The van der Waals surface area contributed by atoms with E-state index in [1.165, 1.54) is 5.56 Å². The molecule has 2 saturated carbocycles. The molecule has 1 saturated heterocycles. The van der Waals surface area contributed by atoms with Gasteiger partial charge in [0.2, 0.25) is 11.8 Å². The highest BCUT2D eigenvalue weighted by molar-refractivity contribution is 5.83. The Bertz CT molecular complexity index is 822. The highest BCUT2D eigenvalue weighted by Gasteiger charge is 2.42. The Morgan fingerprint density at radius 2 is 1.75 bits per heavy atom. The minimum absolute atomic E-state index is 0.0117. The van der Waals surface area contributed by atoms with Crippen LogP contribution in [0.4, 0.5) is 0 Å². The number of phenols is 1. The van der Waals surface area contributed by atoms with Crippen molar-refractivity contribution in [2.75, 3.05) is 13.1 Å². The lowest BCUT2D eigenvalue weighted by atomic mass is 9.70. The highest BCUT2D eigenvalue weighted by atomic mass is 16.3. The van der Waals surface area contributed by atoms with Crippen molar-refractivity contribution in [2.45, 2.75) is 83.3 Å². The molecule has 0 spiro atoms. The number of aliphatic hydroxyl groups is 1. The van der Waals surface area contributed by atoms with Crippen molar-refractivity contribution >= 4 is 11.8 Å². The number of benzene rings is 1. The maximum atomic E-state index is 13.6. The SMILES string of the molecule is CC1(C)CN(C(=O)C2CCCCC2NC(=O)C2CCC(O)C2)CCC1c1ccc(O)cc1. The number of amides is 2. The zero-order valence-electron chi connectivity index (χ0n) is 19.4. The largest absolute Gasteiger partial charge is 0.508 e. The maximum absolute atomic E-state index is 13.6. The van der Waals surface area contributed by atoms with Gasteiger partial charge in [-0.1, -0.05) is 38.8 Å². The predicted molar refractivity (Wildman–Crippen MR) is 123 cm³/mol. The first kappa shape index (κ1) is 23.1. The lowest BCUT2D eigenvalue weighted by Gasteiger charge is -2.46. The minimum Gasteiger partial charge on any atom is -0.508 e. The lowest BCUT2D eigenvalue weighted by Crippen LogP contribution is -2.54. The highest BCUT2D eigenvalue weighted by Crippen LogP contribution is 2.43. The van der Waals surface area contributed by atoms with Crippen LogP contribution in [0.3, 0.4) is 0 Å². The van der Waals surface area contributed by atoms with Crippen molar-refractivity contribution < 1.29 is 19.8 Å². The third-order valence-corrected chi connectivity index (χ3v) is 8.02. The summed E-state index contributed by atoms with van der Waals surface area (Å²) in [5.74, 6) is 0.526. The Morgan fingerprint density at radius 3 is 2.41 bits per heavy atom. The van der Waals surface area contributed by atoms with E-state index in [1.807, 2.05) is 17.0 Å². The number of hydrogen-bond acceptors (Lipinski definition) is 4. The Kier molecular flexibility index (Phi) is 6.80. The summed E-state index contributed by atoms with van der Waals surface area (Å²) in [6.45, 7) is 5.86. The summed E-state index contributed by atoms with van der Waals surface area (Å²) in [5, 5.41) is 22.6. The topological polar surface area (TPSA) is 89.9 Å². The summed E-state index contributed by atoms with van der Waals surface area (Å²) in [7, 11) is 0. The van der Waals surface area contributed by atoms with Crippen molar-refractivity contribution in [1.82, 2.24) is 10.2 Å². The van der Waals surface area contributed by atoms with Crippen molar-refractivity contribution in [2.24, 2.45) is 17.3 Å². The Balaban J connectivity index is 1.41. The van der Waals surface area contributed by atoms with E-state index in [4.69, 9.17) is 0 Å². The second-order valence-electron chi connectivity index (χ2n) is 10.9. The van der Waals surface area contributed by atoms with E-state index in [0.717, 1.165) is 45.1 Å². The molecule has 32 heavy (non-hydrogen) atoms. The zero-order valence-corrected chi connectivity index (χ0v) is 19.4. The third kappa shape index (κ3) is 4.95. The number of carbonyl (C=O) groups is 2. The summed E-state index contributed by atoms with van der Waals surface area (Å²) in [6.07, 6.45) is 6.23. The van der Waals surface area contributed by atoms with Gasteiger partial charge in [-0.25, -0.2) is 0 Å².